The third-order valence-corrected chi connectivity index (χ3v) is 3.49. The fraction of sp³-hybridized carbons (Fsp3) is 0.214. The van der Waals surface area contributed by atoms with Gasteiger partial charge >= 0.3 is 29.6 Å². The SMILES string of the molecule is [2H]CN(Cc1ccc(OC)cc1)c1nccc([S-])c1Cl.[Na+]. The molecule has 0 aliphatic rings. The summed E-state index contributed by atoms with van der Waals surface area (Å²) in [6, 6.07) is 9.35. The van der Waals surface area contributed by atoms with Crippen LogP contribution in [0.5, 0.6) is 5.75 Å². The van der Waals surface area contributed by atoms with Crippen LogP contribution >= 0.6 is 11.6 Å². The Hall–Kier alpha value is -0.520. The predicted octanol–water partition coefficient (Wildman–Crippen LogP) is 0.290. The molecule has 1 aromatic carbocycles. The first-order valence-corrected chi connectivity index (χ1v) is 6.43. The van der Waals surface area contributed by atoms with Crippen molar-refractivity contribution in [1.29, 1.82) is 0 Å². The van der Waals surface area contributed by atoms with Crippen LogP contribution in [-0.2, 0) is 19.2 Å². The summed E-state index contributed by atoms with van der Waals surface area (Å²) >= 11 is 11.3. The molecule has 6 heteroatoms. The van der Waals surface area contributed by atoms with E-state index in [1.54, 1.807) is 24.3 Å². The van der Waals surface area contributed by atoms with Crippen molar-refractivity contribution < 1.29 is 35.7 Å². The number of hydrogen-bond donors (Lipinski definition) is 0. The molecule has 0 radical (unpaired) electrons. The molecule has 0 atom stereocenters. The molecule has 100 valence electrons. The number of anilines is 1. The monoisotopic (exact) mass is 317 g/mol. The molecule has 1 aromatic heterocycles. The summed E-state index contributed by atoms with van der Waals surface area (Å²) in [6.07, 6.45) is 1.61. The quantitative estimate of drug-likeness (QED) is 0.598. The molecule has 0 N–H and O–H groups in total. The molecular formula is C14H14ClN2NaOS. The maximum absolute atomic E-state index is 7.66. The first-order valence-electron chi connectivity index (χ1n) is 6.35. The average Bonchev–Trinajstić information content (AvgIpc) is 2.48. The zero-order valence-corrected chi connectivity index (χ0v) is 15.0. The van der Waals surface area contributed by atoms with Gasteiger partial charge in [-0.15, -0.1) is 0 Å². The van der Waals surface area contributed by atoms with Crippen LogP contribution in [0.25, 0.3) is 0 Å². The summed E-state index contributed by atoms with van der Waals surface area (Å²) < 4.78 is 12.8. The third kappa shape index (κ3) is 4.24. The van der Waals surface area contributed by atoms with Gasteiger partial charge in [0.2, 0.25) is 0 Å². The largest absolute Gasteiger partial charge is 1.00 e. The van der Waals surface area contributed by atoms with Crippen LogP contribution in [0.3, 0.4) is 0 Å². The maximum atomic E-state index is 7.66. The Morgan fingerprint density at radius 3 is 2.65 bits per heavy atom. The Morgan fingerprint density at radius 2 is 2.05 bits per heavy atom. The molecule has 0 fully saturated rings. The number of hydrogen-bond acceptors (Lipinski definition) is 4. The summed E-state index contributed by atoms with van der Waals surface area (Å²) in [7, 11) is 1.68. The van der Waals surface area contributed by atoms with Crippen molar-refractivity contribution in [3.8, 4) is 5.75 Å². The van der Waals surface area contributed by atoms with E-state index in [0.29, 0.717) is 22.3 Å². The van der Waals surface area contributed by atoms with Crippen molar-refractivity contribution in [2.24, 2.45) is 0 Å². The number of aromatic nitrogens is 1. The topological polar surface area (TPSA) is 25.4 Å². The van der Waals surface area contributed by atoms with E-state index < -0.39 is 0 Å². The zero-order valence-electron chi connectivity index (χ0n) is 12.5. The number of pyridine rings is 1. The molecule has 1 heterocycles. The van der Waals surface area contributed by atoms with E-state index in [1.165, 1.54) is 0 Å². The second kappa shape index (κ2) is 8.05. The fourth-order valence-corrected chi connectivity index (χ4v) is 2.05. The molecule has 3 nitrogen and oxygen atoms in total. The van der Waals surface area contributed by atoms with E-state index in [4.69, 9.17) is 30.3 Å². The molecule has 20 heavy (non-hydrogen) atoms. The molecule has 0 aliphatic carbocycles. The number of benzene rings is 1. The van der Waals surface area contributed by atoms with E-state index in [9.17, 15) is 0 Å². The van der Waals surface area contributed by atoms with Gasteiger partial charge in [-0.05, 0) is 17.7 Å². The van der Waals surface area contributed by atoms with Gasteiger partial charge in [-0.3, -0.25) is 0 Å². The maximum Gasteiger partial charge on any atom is 1.00 e. The van der Waals surface area contributed by atoms with Crippen LogP contribution in [0.15, 0.2) is 41.4 Å². The summed E-state index contributed by atoms with van der Waals surface area (Å²) in [5.41, 5.74) is 1.05. The Kier molecular flexibility index (Phi) is 6.39. The number of ether oxygens (including phenoxy) is 1. The first kappa shape index (κ1) is 15.9. The van der Waals surface area contributed by atoms with E-state index in [2.05, 4.69) is 4.98 Å². The molecule has 0 unspecified atom stereocenters. The van der Waals surface area contributed by atoms with Crippen LogP contribution in [0.1, 0.15) is 6.93 Å². The summed E-state index contributed by atoms with van der Waals surface area (Å²) in [5, 5.41) is 0.420. The molecular weight excluding hydrogens is 303 g/mol. The van der Waals surface area contributed by atoms with Gasteiger partial charge in [0.25, 0.3) is 0 Å². The van der Waals surface area contributed by atoms with Crippen LogP contribution in [-0.4, -0.2) is 19.1 Å². The van der Waals surface area contributed by atoms with Crippen molar-refractivity contribution in [3.63, 3.8) is 0 Å². The molecule has 0 saturated carbocycles. The number of nitrogens with zero attached hydrogens (tertiary/aromatic N) is 2. The summed E-state index contributed by atoms with van der Waals surface area (Å²) in [5.74, 6) is 1.35. The smallest absolute Gasteiger partial charge is 0.778 e. The zero-order chi connectivity index (χ0) is 14.5. The predicted molar refractivity (Wildman–Crippen MR) is 80.0 cm³/mol. The molecule has 0 bridgehead atoms. The molecule has 0 amide bonds. The Bertz CT molecular complexity index is 586. The minimum atomic E-state index is 0. The van der Waals surface area contributed by atoms with Crippen LogP contribution < -0.4 is 39.2 Å². The normalized spacial score (nSPS) is 10.4. The van der Waals surface area contributed by atoms with Gasteiger partial charge in [0.1, 0.15) is 11.6 Å². The van der Waals surface area contributed by atoms with Crippen molar-refractivity contribution in [2.75, 3.05) is 19.0 Å². The van der Waals surface area contributed by atoms with Gasteiger partial charge in [0.15, 0.2) is 0 Å². The summed E-state index contributed by atoms with van der Waals surface area (Å²) in [6.45, 7) is 0.541. The Labute approximate surface area is 153 Å². The Morgan fingerprint density at radius 1 is 1.35 bits per heavy atom. The molecule has 2 rings (SSSR count). The van der Waals surface area contributed by atoms with E-state index in [0.717, 1.165) is 11.3 Å². The van der Waals surface area contributed by atoms with Crippen molar-refractivity contribution in [3.05, 3.63) is 47.1 Å². The minimum absolute atomic E-state index is 0. The molecule has 0 saturated heterocycles. The van der Waals surface area contributed by atoms with Gasteiger partial charge in [-0.1, -0.05) is 29.8 Å². The van der Waals surface area contributed by atoms with Gasteiger partial charge < -0.3 is 22.3 Å². The standard InChI is InChI=1S/C14H15ClN2OS.Na/c1-17(14-13(15)12(19)7-8-16-14)9-10-3-5-11(18-2)6-4-10;/h3-8H,9H2,1-2H3,(H,16,19);/q;+1/p-1/i1D;. The van der Waals surface area contributed by atoms with Gasteiger partial charge in [-0.25, -0.2) is 4.98 Å². The van der Waals surface area contributed by atoms with Crippen LogP contribution in [0, 0.1) is 0 Å². The summed E-state index contributed by atoms with van der Waals surface area (Å²) in [4.78, 5) is 6.53. The number of halogens is 1. The van der Waals surface area contributed by atoms with Gasteiger partial charge in [0, 0.05) is 21.1 Å². The molecule has 0 spiro atoms. The van der Waals surface area contributed by atoms with Crippen molar-refractivity contribution in [2.45, 2.75) is 11.4 Å². The minimum Gasteiger partial charge on any atom is -0.778 e. The van der Waals surface area contributed by atoms with Crippen molar-refractivity contribution in [1.82, 2.24) is 4.98 Å². The Balaban J connectivity index is 0.00000220. The van der Waals surface area contributed by atoms with Gasteiger partial charge in [0.05, 0.1) is 12.1 Å². The van der Waals surface area contributed by atoms with E-state index >= 15 is 0 Å². The molecule has 2 aromatic rings. The second-order valence-electron chi connectivity index (χ2n) is 3.99. The van der Waals surface area contributed by atoms with E-state index in [-0.39, 0.29) is 36.6 Å². The number of methoxy groups -OCH3 is 1. The van der Waals surface area contributed by atoms with Crippen LogP contribution in [0.2, 0.25) is 5.02 Å². The first-order chi connectivity index (χ1) is 9.65. The second-order valence-corrected chi connectivity index (χ2v) is 4.81. The van der Waals surface area contributed by atoms with Crippen LogP contribution in [0.4, 0.5) is 5.82 Å². The number of rotatable bonds is 4. The molecule has 0 aliphatic heterocycles. The average molecular weight is 318 g/mol. The van der Waals surface area contributed by atoms with Crippen molar-refractivity contribution >= 4 is 30.0 Å². The van der Waals surface area contributed by atoms with E-state index in [1.807, 2.05) is 24.3 Å². The third-order valence-electron chi connectivity index (χ3n) is 2.67. The fourth-order valence-electron chi connectivity index (χ4n) is 1.66. The van der Waals surface area contributed by atoms with Gasteiger partial charge in [-0.2, -0.15) is 4.90 Å².